The molecule has 0 spiro atoms. The molecule has 0 aromatic carbocycles. The molecular formula is C19H25N3O2. The van der Waals surface area contributed by atoms with E-state index in [1.54, 1.807) is 0 Å². The van der Waals surface area contributed by atoms with Crippen molar-refractivity contribution in [2.24, 2.45) is 0 Å². The SMILES string of the molecule is COC(=O)CCCCCN(Cc1ccccn1)Cc1ccccn1. The molecule has 0 amide bonds. The minimum atomic E-state index is -0.131. The number of rotatable bonds is 10. The van der Waals surface area contributed by atoms with Crippen LogP contribution >= 0.6 is 0 Å². The molecule has 2 aromatic heterocycles. The van der Waals surface area contributed by atoms with Crippen molar-refractivity contribution < 1.29 is 9.53 Å². The molecule has 0 saturated heterocycles. The molecule has 2 heterocycles. The molecule has 0 unspecified atom stereocenters. The molecule has 0 bridgehead atoms. The maximum absolute atomic E-state index is 11.1. The molecular weight excluding hydrogens is 302 g/mol. The molecule has 24 heavy (non-hydrogen) atoms. The number of carbonyl (C=O) groups is 1. The highest BCUT2D eigenvalue weighted by molar-refractivity contribution is 5.68. The van der Waals surface area contributed by atoms with Crippen LogP contribution in [0.2, 0.25) is 0 Å². The van der Waals surface area contributed by atoms with Crippen molar-refractivity contribution in [1.82, 2.24) is 14.9 Å². The molecule has 2 rings (SSSR count). The van der Waals surface area contributed by atoms with Crippen LogP contribution in [0.5, 0.6) is 0 Å². The van der Waals surface area contributed by atoms with Crippen molar-refractivity contribution in [2.45, 2.75) is 38.8 Å². The second kappa shape index (κ2) is 10.5. The Labute approximate surface area is 143 Å². The van der Waals surface area contributed by atoms with Crippen LogP contribution in [0.15, 0.2) is 48.8 Å². The summed E-state index contributed by atoms with van der Waals surface area (Å²) in [5, 5.41) is 0. The van der Waals surface area contributed by atoms with Crippen LogP contribution in [0.25, 0.3) is 0 Å². The highest BCUT2D eigenvalue weighted by atomic mass is 16.5. The van der Waals surface area contributed by atoms with E-state index in [1.165, 1.54) is 7.11 Å². The van der Waals surface area contributed by atoms with Crippen molar-refractivity contribution in [2.75, 3.05) is 13.7 Å². The van der Waals surface area contributed by atoms with Crippen molar-refractivity contribution in [3.05, 3.63) is 60.2 Å². The molecule has 0 fully saturated rings. The smallest absolute Gasteiger partial charge is 0.305 e. The van der Waals surface area contributed by atoms with Gasteiger partial charge in [-0.2, -0.15) is 0 Å². The lowest BCUT2D eigenvalue weighted by atomic mass is 10.2. The van der Waals surface area contributed by atoms with E-state index < -0.39 is 0 Å². The summed E-state index contributed by atoms with van der Waals surface area (Å²) in [5.74, 6) is -0.131. The molecule has 0 aliphatic rings. The van der Waals surface area contributed by atoms with Gasteiger partial charge in [-0.3, -0.25) is 19.7 Å². The van der Waals surface area contributed by atoms with E-state index in [4.69, 9.17) is 0 Å². The number of unbranched alkanes of at least 4 members (excludes halogenated alkanes) is 2. The summed E-state index contributed by atoms with van der Waals surface area (Å²) in [6.45, 7) is 2.55. The van der Waals surface area contributed by atoms with Crippen LogP contribution in [-0.4, -0.2) is 34.5 Å². The van der Waals surface area contributed by atoms with E-state index in [0.29, 0.717) is 6.42 Å². The first-order valence-corrected chi connectivity index (χ1v) is 8.37. The lowest BCUT2D eigenvalue weighted by molar-refractivity contribution is -0.140. The molecule has 0 atom stereocenters. The van der Waals surface area contributed by atoms with E-state index in [-0.39, 0.29) is 5.97 Å². The van der Waals surface area contributed by atoms with E-state index in [2.05, 4.69) is 19.6 Å². The Morgan fingerprint density at radius 3 is 2.08 bits per heavy atom. The van der Waals surface area contributed by atoms with Crippen molar-refractivity contribution in [1.29, 1.82) is 0 Å². The van der Waals surface area contributed by atoms with Crippen molar-refractivity contribution in [3.8, 4) is 0 Å². The van der Waals surface area contributed by atoms with Gasteiger partial charge >= 0.3 is 5.97 Å². The van der Waals surface area contributed by atoms with Crippen LogP contribution < -0.4 is 0 Å². The molecule has 128 valence electrons. The number of esters is 1. The first-order chi connectivity index (χ1) is 11.8. The Morgan fingerprint density at radius 2 is 1.58 bits per heavy atom. The van der Waals surface area contributed by atoms with Gasteiger partial charge in [0.2, 0.25) is 0 Å². The van der Waals surface area contributed by atoms with Gasteiger partial charge in [0.05, 0.1) is 18.5 Å². The standard InChI is InChI=1S/C19H25N3O2/c1-24-19(23)11-3-2-8-14-22(15-17-9-4-6-12-20-17)16-18-10-5-7-13-21-18/h4-7,9-10,12-13H,2-3,8,11,14-16H2,1H3. The molecule has 5 heteroatoms. The zero-order chi connectivity index (χ0) is 17.0. The van der Waals surface area contributed by atoms with Gasteiger partial charge in [-0.15, -0.1) is 0 Å². The first kappa shape index (κ1) is 18.1. The van der Waals surface area contributed by atoms with Gasteiger partial charge in [0.15, 0.2) is 0 Å². The van der Waals surface area contributed by atoms with Crippen LogP contribution in [0.3, 0.4) is 0 Å². The first-order valence-electron chi connectivity index (χ1n) is 8.37. The van der Waals surface area contributed by atoms with Gasteiger partial charge in [-0.1, -0.05) is 18.6 Å². The number of methoxy groups -OCH3 is 1. The van der Waals surface area contributed by atoms with E-state index in [1.807, 2.05) is 48.8 Å². The number of aromatic nitrogens is 2. The fourth-order valence-corrected chi connectivity index (χ4v) is 2.54. The third-order valence-corrected chi connectivity index (χ3v) is 3.81. The summed E-state index contributed by atoms with van der Waals surface area (Å²) in [6, 6.07) is 12.0. The van der Waals surface area contributed by atoms with Crippen LogP contribution in [0.1, 0.15) is 37.1 Å². The molecule has 0 N–H and O–H groups in total. The fraction of sp³-hybridized carbons (Fsp3) is 0.421. The summed E-state index contributed by atoms with van der Waals surface area (Å²) in [5.41, 5.74) is 2.12. The van der Waals surface area contributed by atoms with Gasteiger partial charge in [-0.05, 0) is 43.7 Å². The maximum atomic E-state index is 11.1. The number of nitrogens with zero attached hydrogens (tertiary/aromatic N) is 3. The molecule has 0 aliphatic heterocycles. The zero-order valence-electron chi connectivity index (χ0n) is 14.2. The van der Waals surface area contributed by atoms with E-state index in [0.717, 1.165) is 50.3 Å². The summed E-state index contributed by atoms with van der Waals surface area (Å²) in [7, 11) is 1.43. The third kappa shape index (κ3) is 6.87. The summed E-state index contributed by atoms with van der Waals surface area (Å²) in [4.78, 5) is 22.3. The largest absolute Gasteiger partial charge is 0.469 e. The Kier molecular flexibility index (Phi) is 7.90. The fourth-order valence-electron chi connectivity index (χ4n) is 2.54. The Morgan fingerprint density at radius 1 is 0.958 bits per heavy atom. The van der Waals surface area contributed by atoms with Crippen molar-refractivity contribution >= 4 is 5.97 Å². The molecule has 5 nitrogen and oxygen atoms in total. The van der Waals surface area contributed by atoms with Gasteiger partial charge in [-0.25, -0.2) is 0 Å². The lowest BCUT2D eigenvalue weighted by Gasteiger charge is -2.21. The summed E-state index contributed by atoms with van der Waals surface area (Å²) >= 11 is 0. The van der Waals surface area contributed by atoms with Crippen LogP contribution in [0, 0.1) is 0 Å². The monoisotopic (exact) mass is 327 g/mol. The second-order valence-electron chi connectivity index (χ2n) is 5.74. The number of hydrogen-bond donors (Lipinski definition) is 0. The minimum absolute atomic E-state index is 0.131. The summed E-state index contributed by atoms with van der Waals surface area (Å²) in [6.07, 6.45) is 7.06. The Hall–Kier alpha value is -2.27. The normalized spacial score (nSPS) is 10.8. The van der Waals surface area contributed by atoms with E-state index in [9.17, 15) is 4.79 Å². The predicted octanol–water partition coefficient (Wildman–Crippen LogP) is 3.21. The quantitative estimate of drug-likeness (QED) is 0.495. The minimum Gasteiger partial charge on any atom is -0.469 e. The van der Waals surface area contributed by atoms with Gasteiger partial charge in [0.1, 0.15) is 0 Å². The van der Waals surface area contributed by atoms with Gasteiger partial charge in [0.25, 0.3) is 0 Å². The lowest BCUT2D eigenvalue weighted by Crippen LogP contribution is -2.25. The molecule has 0 aliphatic carbocycles. The Bertz CT molecular complexity index is 549. The van der Waals surface area contributed by atoms with Gasteiger partial charge in [0, 0.05) is 31.9 Å². The van der Waals surface area contributed by atoms with Crippen LogP contribution in [0.4, 0.5) is 0 Å². The average molecular weight is 327 g/mol. The second-order valence-corrected chi connectivity index (χ2v) is 5.74. The van der Waals surface area contributed by atoms with E-state index >= 15 is 0 Å². The number of hydrogen-bond acceptors (Lipinski definition) is 5. The summed E-state index contributed by atoms with van der Waals surface area (Å²) < 4.78 is 4.67. The van der Waals surface area contributed by atoms with Gasteiger partial charge < -0.3 is 4.74 Å². The van der Waals surface area contributed by atoms with Crippen LogP contribution in [-0.2, 0) is 22.6 Å². The third-order valence-electron chi connectivity index (χ3n) is 3.81. The maximum Gasteiger partial charge on any atom is 0.305 e. The highest BCUT2D eigenvalue weighted by Gasteiger charge is 2.09. The zero-order valence-corrected chi connectivity index (χ0v) is 14.2. The van der Waals surface area contributed by atoms with Crippen molar-refractivity contribution in [3.63, 3.8) is 0 Å². The number of ether oxygens (including phenoxy) is 1. The predicted molar refractivity (Wildman–Crippen MR) is 93.1 cm³/mol. The molecule has 0 saturated carbocycles. The Balaban J connectivity index is 1.84. The average Bonchev–Trinajstić information content (AvgIpc) is 2.62. The molecule has 2 aromatic rings. The highest BCUT2D eigenvalue weighted by Crippen LogP contribution is 2.10. The molecule has 0 radical (unpaired) electrons. The number of pyridine rings is 2. The number of carbonyl (C=O) groups excluding carboxylic acids is 1. The topological polar surface area (TPSA) is 55.3 Å².